The van der Waals surface area contributed by atoms with Gasteiger partial charge in [-0.05, 0) is 0 Å². The first-order valence-electron chi connectivity index (χ1n) is 5.13. The van der Waals surface area contributed by atoms with Crippen molar-refractivity contribution in [3.05, 3.63) is 29.2 Å². The zero-order chi connectivity index (χ0) is 13.8. The molecule has 2 aromatic rings. The van der Waals surface area contributed by atoms with Crippen LogP contribution in [-0.2, 0) is 11.3 Å². The molecule has 9 heteroatoms. The van der Waals surface area contributed by atoms with E-state index in [9.17, 15) is 4.79 Å². The van der Waals surface area contributed by atoms with Crippen LogP contribution in [0.25, 0.3) is 5.82 Å². The van der Waals surface area contributed by atoms with E-state index < -0.39 is 6.09 Å². The summed E-state index contributed by atoms with van der Waals surface area (Å²) < 4.78 is 9.58. The Labute approximate surface area is 113 Å². The van der Waals surface area contributed by atoms with E-state index in [1.807, 2.05) is 0 Å². The molecule has 0 spiro atoms. The number of amides is 1. The maximum absolute atomic E-state index is 10.6. The summed E-state index contributed by atoms with van der Waals surface area (Å²) in [5.74, 6) is 0.450. The Bertz CT molecular complexity index is 601. The van der Waals surface area contributed by atoms with Gasteiger partial charge in [0.15, 0.2) is 11.6 Å². The molecule has 0 saturated heterocycles. The second-order valence-corrected chi connectivity index (χ2v) is 3.86. The standard InChI is InChI=1S/C10H10ClN5O3/c1-18-5-6-3-14-16(15-6)9-8(11)2-7(4-13-9)19-10(12)17/h2-4H,5H2,1H3,(H2,12,17). The Hall–Kier alpha value is -2.19. The predicted octanol–water partition coefficient (Wildman–Crippen LogP) is 0.920. The first-order valence-corrected chi connectivity index (χ1v) is 5.51. The largest absolute Gasteiger partial charge is 0.410 e. The number of hydrogen-bond acceptors (Lipinski definition) is 6. The fourth-order valence-electron chi connectivity index (χ4n) is 1.34. The molecule has 0 aliphatic rings. The molecule has 1 amide bonds. The van der Waals surface area contributed by atoms with Gasteiger partial charge in [-0.3, -0.25) is 0 Å². The molecule has 0 fully saturated rings. The van der Waals surface area contributed by atoms with Crippen molar-refractivity contribution in [2.45, 2.75) is 6.61 Å². The second-order valence-electron chi connectivity index (χ2n) is 3.46. The average molecular weight is 284 g/mol. The van der Waals surface area contributed by atoms with E-state index in [0.717, 1.165) is 0 Å². The molecule has 0 atom stereocenters. The van der Waals surface area contributed by atoms with E-state index >= 15 is 0 Å². The van der Waals surface area contributed by atoms with E-state index in [2.05, 4.69) is 19.9 Å². The van der Waals surface area contributed by atoms with Crippen molar-refractivity contribution in [1.29, 1.82) is 0 Å². The molecule has 0 radical (unpaired) electrons. The lowest BCUT2D eigenvalue weighted by Gasteiger charge is -2.04. The van der Waals surface area contributed by atoms with Crippen LogP contribution in [0, 0.1) is 0 Å². The Balaban J connectivity index is 2.26. The van der Waals surface area contributed by atoms with Crippen molar-refractivity contribution in [3.63, 3.8) is 0 Å². The number of pyridine rings is 1. The third kappa shape index (κ3) is 3.18. The quantitative estimate of drug-likeness (QED) is 0.894. The number of primary amides is 1. The second kappa shape index (κ2) is 5.63. The summed E-state index contributed by atoms with van der Waals surface area (Å²) in [5, 5.41) is 8.35. The third-order valence-corrected chi connectivity index (χ3v) is 2.31. The summed E-state index contributed by atoms with van der Waals surface area (Å²) in [6.07, 6.45) is 1.89. The number of carbonyl (C=O) groups is 1. The lowest BCUT2D eigenvalue weighted by molar-refractivity contribution is 0.181. The van der Waals surface area contributed by atoms with Gasteiger partial charge in [-0.25, -0.2) is 9.78 Å². The van der Waals surface area contributed by atoms with Crippen molar-refractivity contribution >= 4 is 17.7 Å². The number of hydrogen-bond donors (Lipinski definition) is 1. The summed E-state index contributed by atoms with van der Waals surface area (Å²) in [7, 11) is 1.56. The maximum Gasteiger partial charge on any atom is 0.410 e. The monoisotopic (exact) mass is 283 g/mol. The summed E-state index contributed by atoms with van der Waals surface area (Å²) in [6, 6.07) is 1.40. The van der Waals surface area contributed by atoms with Crippen molar-refractivity contribution in [1.82, 2.24) is 20.0 Å². The predicted molar refractivity (Wildman–Crippen MR) is 65.1 cm³/mol. The lowest BCUT2D eigenvalue weighted by atomic mass is 10.4. The fraction of sp³-hybridized carbons (Fsp3) is 0.200. The maximum atomic E-state index is 10.6. The lowest BCUT2D eigenvalue weighted by Crippen LogP contribution is -2.16. The van der Waals surface area contributed by atoms with Crippen molar-refractivity contribution in [3.8, 4) is 11.6 Å². The zero-order valence-corrected chi connectivity index (χ0v) is 10.7. The molecule has 2 heterocycles. The highest BCUT2D eigenvalue weighted by Crippen LogP contribution is 2.22. The van der Waals surface area contributed by atoms with Crippen LogP contribution < -0.4 is 10.5 Å². The number of rotatable bonds is 4. The highest BCUT2D eigenvalue weighted by molar-refractivity contribution is 6.32. The van der Waals surface area contributed by atoms with E-state index in [0.29, 0.717) is 18.1 Å². The number of aromatic nitrogens is 4. The smallest absolute Gasteiger partial charge is 0.409 e. The van der Waals surface area contributed by atoms with Gasteiger partial charge >= 0.3 is 6.09 Å². The minimum Gasteiger partial charge on any atom is -0.409 e. The molecule has 2 rings (SSSR count). The first-order chi connectivity index (χ1) is 9.10. The molecule has 2 aromatic heterocycles. The number of nitrogens with zero attached hydrogens (tertiary/aromatic N) is 4. The van der Waals surface area contributed by atoms with Crippen LogP contribution in [0.3, 0.4) is 0 Å². The fourth-order valence-corrected chi connectivity index (χ4v) is 1.57. The molecule has 0 saturated carbocycles. The average Bonchev–Trinajstić information content (AvgIpc) is 2.77. The van der Waals surface area contributed by atoms with Crippen LogP contribution in [0.4, 0.5) is 4.79 Å². The molecular formula is C10H10ClN5O3. The molecule has 8 nitrogen and oxygen atoms in total. The van der Waals surface area contributed by atoms with E-state index in [1.54, 1.807) is 7.11 Å². The van der Waals surface area contributed by atoms with Gasteiger partial charge in [-0.1, -0.05) is 11.6 Å². The Morgan fingerprint density at radius 3 is 2.95 bits per heavy atom. The van der Waals surface area contributed by atoms with Crippen LogP contribution in [0.15, 0.2) is 18.5 Å². The number of methoxy groups -OCH3 is 1. The van der Waals surface area contributed by atoms with Crippen molar-refractivity contribution < 1.29 is 14.3 Å². The van der Waals surface area contributed by atoms with Gasteiger partial charge in [0.25, 0.3) is 0 Å². The number of ether oxygens (including phenoxy) is 2. The van der Waals surface area contributed by atoms with Gasteiger partial charge in [0.1, 0.15) is 5.69 Å². The molecule has 0 bridgehead atoms. The Morgan fingerprint density at radius 1 is 1.53 bits per heavy atom. The normalized spacial score (nSPS) is 10.4. The van der Waals surface area contributed by atoms with Gasteiger partial charge in [0, 0.05) is 13.2 Å². The molecule has 0 aromatic carbocycles. The summed E-state index contributed by atoms with van der Waals surface area (Å²) in [4.78, 5) is 15.9. The number of halogens is 1. The van der Waals surface area contributed by atoms with E-state index in [-0.39, 0.29) is 10.8 Å². The van der Waals surface area contributed by atoms with Crippen molar-refractivity contribution in [2.75, 3.05) is 7.11 Å². The molecule has 2 N–H and O–H groups in total. The first kappa shape index (κ1) is 13.2. The molecule has 19 heavy (non-hydrogen) atoms. The highest BCUT2D eigenvalue weighted by atomic mass is 35.5. The van der Waals surface area contributed by atoms with Crippen LogP contribution in [0.5, 0.6) is 5.75 Å². The molecule has 0 aliphatic carbocycles. The van der Waals surface area contributed by atoms with Gasteiger partial charge < -0.3 is 15.2 Å². The summed E-state index contributed by atoms with van der Waals surface area (Å²) >= 11 is 6.01. The number of nitrogens with two attached hydrogens (primary N) is 1. The SMILES string of the molecule is COCc1cnn(-c2ncc(OC(N)=O)cc2Cl)n1. The van der Waals surface area contributed by atoms with Crippen LogP contribution in [0.1, 0.15) is 5.69 Å². The van der Waals surface area contributed by atoms with Gasteiger partial charge in [-0.15, -0.1) is 9.90 Å². The van der Waals surface area contributed by atoms with Gasteiger partial charge in [0.2, 0.25) is 0 Å². The van der Waals surface area contributed by atoms with E-state index in [4.69, 9.17) is 22.1 Å². The van der Waals surface area contributed by atoms with Crippen LogP contribution >= 0.6 is 11.6 Å². The van der Waals surface area contributed by atoms with Crippen LogP contribution in [0.2, 0.25) is 5.02 Å². The zero-order valence-electron chi connectivity index (χ0n) is 9.91. The number of carbonyl (C=O) groups excluding carboxylic acids is 1. The van der Waals surface area contributed by atoms with E-state index in [1.165, 1.54) is 23.3 Å². The van der Waals surface area contributed by atoms with Gasteiger partial charge in [-0.2, -0.15) is 5.10 Å². The Kier molecular flexibility index (Phi) is 3.93. The molecular weight excluding hydrogens is 274 g/mol. The topological polar surface area (TPSA) is 105 Å². The third-order valence-electron chi connectivity index (χ3n) is 2.04. The summed E-state index contributed by atoms with van der Waals surface area (Å²) in [6.45, 7) is 0.334. The molecule has 0 unspecified atom stereocenters. The van der Waals surface area contributed by atoms with Gasteiger partial charge in [0.05, 0.1) is 24.0 Å². The highest BCUT2D eigenvalue weighted by Gasteiger charge is 2.11. The van der Waals surface area contributed by atoms with Crippen LogP contribution in [-0.4, -0.2) is 33.2 Å². The van der Waals surface area contributed by atoms with Crippen molar-refractivity contribution in [2.24, 2.45) is 5.73 Å². The minimum absolute atomic E-state index is 0.144. The molecule has 100 valence electrons. The minimum atomic E-state index is -0.940. The Morgan fingerprint density at radius 2 is 2.32 bits per heavy atom. The summed E-state index contributed by atoms with van der Waals surface area (Å²) in [5.41, 5.74) is 5.52. The molecule has 0 aliphatic heterocycles.